The summed E-state index contributed by atoms with van der Waals surface area (Å²) in [6.07, 6.45) is 1.82. The van der Waals surface area contributed by atoms with Crippen molar-refractivity contribution in [2.75, 3.05) is 13.2 Å². The summed E-state index contributed by atoms with van der Waals surface area (Å²) in [5, 5.41) is 0. The van der Waals surface area contributed by atoms with E-state index in [0.29, 0.717) is 5.92 Å². The first-order chi connectivity index (χ1) is 6.13. The van der Waals surface area contributed by atoms with Gasteiger partial charge in [-0.25, -0.2) is 0 Å². The summed E-state index contributed by atoms with van der Waals surface area (Å²) < 4.78 is 11.5. The van der Waals surface area contributed by atoms with Gasteiger partial charge in [-0.15, -0.1) is 0 Å². The van der Waals surface area contributed by atoms with Crippen LogP contribution in [-0.4, -0.2) is 19.0 Å². The molecule has 0 N–H and O–H groups in total. The summed E-state index contributed by atoms with van der Waals surface area (Å²) in [4.78, 5) is 0. The third-order valence-corrected chi connectivity index (χ3v) is 2.94. The van der Waals surface area contributed by atoms with Gasteiger partial charge in [0.05, 0.1) is 13.2 Å². The first-order valence-corrected chi connectivity index (χ1v) is 5.17. The lowest BCUT2D eigenvalue weighted by atomic mass is 9.96. The normalized spacial score (nSPS) is 23.8. The van der Waals surface area contributed by atoms with Crippen LogP contribution >= 0.6 is 0 Å². The molecule has 0 aromatic carbocycles. The van der Waals surface area contributed by atoms with Gasteiger partial charge in [-0.3, -0.25) is 0 Å². The van der Waals surface area contributed by atoms with E-state index in [0.717, 1.165) is 26.1 Å². The summed E-state index contributed by atoms with van der Waals surface area (Å²) in [5.74, 6) is 0.184. The maximum absolute atomic E-state index is 5.78. The molecule has 1 heterocycles. The smallest absolute Gasteiger partial charge is 0.167 e. The largest absolute Gasteiger partial charge is 0.350 e. The Morgan fingerprint density at radius 2 is 1.77 bits per heavy atom. The topological polar surface area (TPSA) is 18.5 Å². The molecule has 0 aliphatic carbocycles. The molecule has 13 heavy (non-hydrogen) atoms. The van der Waals surface area contributed by atoms with Gasteiger partial charge in [0.15, 0.2) is 5.79 Å². The van der Waals surface area contributed by atoms with Crippen LogP contribution in [0.4, 0.5) is 0 Å². The van der Waals surface area contributed by atoms with Gasteiger partial charge >= 0.3 is 0 Å². The van der Waals surface area contributed by atoms with Crippen molar-refractivity contribution in [2.24, 2.45) is 11.8 Å². The molecule has 2 nitrogen and oxygen atoms in total. The second kappa shape index (κ2) is 4.43. The number of rotatable bonds is 3. The predicted molar refractivity (Wildman–Crippen MR) is 52.2 cm³/mol. The molecule has 0 aromatic rings. The molecule has 1 unspecified atom stereocenters. The zero-order valence-corrected chi connectivity index (χ0v) is 8.88. The average Bonchev–Trinajstić information content (AvgIpc) is 2.18. The van der Waals surface area contributed by atoms with Gasteiger partial charge in [0, 0.05) is 5.92 Å². The van der Waals surface area contributed by atoms with E-state index in [-0.39, 0.29) is 11.7 Å². The molecule has 2 radical (unpaired) electrons. The maximum atomic E-state index is 5.78. The van der Waals surface area contributed by atoms with Gasteiger partial charge in [-0.05, 0) is 25.7 Å². The molecule has 1 aliphatic heterocycles. The molecule has 1 rings (SSSR count). The van der Waals surface area contributed by atoms with E-state index < -0.39 is 0 Å². The van der Waals surface area contributed by atoms with Gasteiger partial charge in [0.2, 0.25) is 0 Å². The Kier molecular flexibility index (Phi) is 3.74. The van der Waals surface area contributed by atoms with E-state index in [9.17, 15) is 0 Å². The van der Waals surface area contributed by atoms with Crippen LogP contribution in [0.25, 0.3) is 0 Å². The number of ether oxygens (including phenoxy) is 2. The first kappa shape index (κ1) is 11.0. The lowest BCUT2D eigenvalue weighted by Gasteiger charge is -2.40. The third kappa shape index (κ3) is 2.44. The van der Waals surface area contributed by atoms with Gasteiger partial charge in [-0.2, -0.15) is 0 Å². The second-order valence-electron chi connectivity index (χ2n) is 3.86. The Bertz CT molecular complexity index is 140. The average molecular weight is 184 g/mol. The van der Waals surface area contributed by atoms with Crippen molar-refractivity contribution in [3.05, 3.63) is 6.92 Å². The Morgan fingerprint density at radius 1 is 1.31 bits per heavy atom. The van der Waals surface area contributed by atoms with Crippen LogP contribution in [0.15, 0.2) is 0 Å². The van der Waals surface area contributed by atoms with Crippen LogP contribution in [0, 0.1) is 18.8 Å². The fourth-order valence-corrected chi connectivity index (χ4v) is 1.57. The summed E-state index contributed by atoms with van der Waals surface area (Å²) in [5.41, 5.74) is 0. The molecule has 1 atom stereocenters. The summed E-state index contributed by atoms with van der Waals surface area (Å²) >= 11 is 0. The van der Waals surface area contributed by atoms with Crippen LogP contribution < -0.4 is 0 Å². The minimum atomic E-state index is -0.328. The van der Waals surface area contributed by atoms with Crippen molar-refractivity contribution in [3.8, 4) is 0 Å². The Morgan fingerprint density at radius 3 is 2.08 bits per heavy atom. The molecular formula is C11H20O2. The highest BCUT2D eigenvalue weighted by Gasteiger charge is 2.35. The lowest BCUT2D eigenvalue weighted by molar-refractivity contribution is -0.288. The molecule has 0 bridgehead atoms. The Balaban J connectivity index is 2.45. The molecule has 0 amide bonds. The summed E-state index contributed by atoms with van der Waals surface area (Å²) in [6, 6.07) is 0. The van der Waals surface area contributed by atoms with Gasteiger partial charge in [-0.1, -0.05) is 20.8 Å². The van der Waals surface area contributed by atoms with E-state index in [2.05, 4.69) is 13.8 Å². The van der Waals surface area contributed by atoms with Crippen molar-refractivity contribution in [1.29, 1.82) is 0 Å². The summed E-state index contributed by atoms with van der Waals surface area (Å²) in [7, 11) is 0. The molecule has 0 spiro atoms. The van der Waals surface area contributed by atoms with E-state index in [1.807, 2.05) is 6.92 Å². The lowest BCUT2D eigenvalue weighted by Crippen LogP contribution is -2.44. The van der Waals surface area contributed by atoms with E-state index in [1.54, 1.807) is 0 Å². The Hall–Kier alpha value is -0.0800. The molecule has 2 heteroatoms. The number of hydrogen-bond acceptors (Lipinski definition) is 2. The maximum Gasteiger partial charge on any atom is 0.167 e. The van der Waals surface area contributed by atoms with Crippen molar-refractivity contribution in [3.63, 3.8) is 0 Å². The fourth-order valence-electron chi connectivity index (χ4n) is 1.57. The minimum Gasteiger partial charge on any atom is -0.350 e. The molecule has 0 saturated carbocycles. The van der Waals surface area contributed by atoms with E-state index >= 15 is 0 Å². The highest BCUT2D eigenvalue weighted by molar-refractivity contribution is 4.76. The molecule has 0 aromatic heterocycles. The van der Waals surface area contributed by atoms with Crippen molar-refractivity contribution in [1.82, 2.24) is 0 Å². The summed E-state index contributed by atoms with van der Waals surface area (Å²) in [6.45, 7) is 13.4. The van der Waals surface area contributed by atoms with E-state index in [4.69, 9.17) is 16.4 Å². The Labute approximate surface area is 81.6 Å². The van der Waals surface area contributed by atoms with Crippen LogP contribution in [0.1, 0.15) is 33.6 Å². The predicted octanol–water partition coefficient (Wildman–Crippen LogP) is 2.51. The third-order valence-electron chi connectivity index (χ3n) is 2.94. The molecule has 1 saturated heterocycles. The van der Waals surface area contributed by atoms with Crippen LogP contribution in [0.2, 0.25) is 0 Å². The van der Waals surface area contributed by atoms with Crippen LogP contribution in [0.5, 0.6) is 0 Å². The first-order valence-electron chi connectivity index (χ1n) is 5.17. The van der Waals surface area contributed by atoms with Crippen LogP contribution in [-0.2, 0) is 9.47 Å². The van der Waals surface area contributed by atoms with Gasteiger partial charge < -0.3 is 9.47 Å². The standard InChI is InChI=1S/C11H20O2/c1-5-11(6-2)12-7-10(8-13-11)9(3)4/h3,9-10H,5-8H2,1-2,4H3. The monoisotopic (exact) mass is 184 g/mol. The second-order valence-corrected chi connectivity index (χ2v) is 3.86. The fraction of sp³-hybridized carbons (Fsp3) is 0.909. The zero-order chi connectivity index (χ0) is 9.90. The van der Waals surface area contributed by atoms with E-state index in [1.165, 1.54) is 0 Å². The van der Waals surface area contributed by atoms with Crippen molar-refractivity contribution < 1.29 is 9.47 Å². The van der Waals surface area contributed by atoms with Crippen molar-refractivity contribution in [2.45, 2.75) is 39.4 Å². The molecular weight excluding hydrogens is 164 g/mol. The molecule has 1 aliphatic rings. The zero-order valence-electron chi connectivity index (χ0n) is 8.88. The molecule has 1 fully saturated rings. The van der Waals surface area contributed by atoms with Crippen LogP contribution in [0.3, 0.4) is 0 Å². The van der Waals surface area contributed by atoms with Crippen molar-refractivity contribution >= 4 is 0 Å². The minimum absolute atomic E-state index is 0.159. The van der Waals surface area contributed by atoms with Gasteiger partial charge in [0.1, 0.15) is 0 Å². The highest BCUT2D eigenvalue weighted by Crippen LogP contribution is 2.30. The SMILES string of the molecule is [CH]C(C)C1COC(CC)(CC)OC1. The number of hydrogen-bond donors (Lipinski definition) is 0. The highest BCUT2D eigenvalue weighted by atomic mass is 16.7. The molecule has 76 valence electrons. The quantitative estimate of drug-likeness (QED) is 0.671. The van der Waals surface area contributed by atoms with Gasteiger partial charge in [0.25, 0.3) is 0 Å².